The lowest BCUT2D eigenvalue weighted by atomic mass is 10.1. The number of rotatable bonds is 5. The van der Waals surface area contributed by atoms with E-state index in [4.69, 9.17) is 0 Å². The van der Waals surface area contributed by atoms with Crippen LogP contribution in [0.4, 0.5) is 0 Å². The van der Waals surface area contributed by atoms with Crippen LogP contribution in [0, 0.1) is 0 Å². The van der Waals surface area contributed by atoms with Gasteiger partial charge >= 0.3 is 0 Å². The van der Waals surface area contributed by atoms with Crippen LogP contribution in [0.3, 0.4) is 0 Å². The van der Waals surface area contributed by atoms with Gasteiger partial charge in [-0.2, -0.15) is 5.10 Å². The van der Waals surface area contributed by atoms with Crippen LogP contribution < -0.4 is 0 Å². The largest absolute Gasteiger partial charge is 0.388 e. The summed E-state index contributed by atoms with van der Waals surface area (Å²) in [6.45, 7) is 6.10. The molecule has 0 aliphatic heterocycles. The summed E-state index contributed by atoms with van der Waals surface area (Å²) in [7, 11) is 0. The number of aromatic nitrogens is 3. The average Bonchev–Trinajstić information content (AvgIpc) is 2.90. The van der Waals surface area contributed by atoms with E-state index in [-0.39, 0.29) is 6.10 Å². The molecule has 0 radical (unpaired) electrons. The zero-order chi connectivity index (χ0) is 13.8. The van der Waals surface area contributed by atoms with E-state index < -0.39 is 0 Å². The van der Waals surface area contributed by atoms with Crippen molar-refractivity contribution in [2.45, 2.75) is 46.1 Å². The first kappa shape index (κ1) is 13.7. The van der Waals surface area contributed by atoms with E-state index in [0.717, 1.165) is 42.2 Å². The molecule has 4 heteroatoms. The van der Waals surface area contributed by atoms with Crippen LogP contribution in [-0.2, 0) is 12.8 Å². The zero-order valence-corrected chi connectivity index (χ0v) is 11.8. The van der Waals surface area contributed by atoms with Crippen molar-refractivity contribution in [1.82, 2.24) is 14.8 Å². The van der Waals surface area contributed by atoms with Crippen molar-refractivity contribution in [1.29, 1.82) is 0 Å². The molecule has 1 unspecified atom stereocenters. The molecule has 0 spiro atoms. The van der Waals surface area contributed by atoms with Crippen LogP contribution in [-0.4, -0.2) is 19.9 Å². The minimum absolute atomic E-state index is 0.387. The Morgan fingerprint density at radius 2 is 1.79 bits per heavy atom. The van der Waals surface area contributed by atoms with E-state index >= 15 is 0 Å². The van der Waals surface area contributed by atoms with Crippen molar-refractivity contribution in [3.63, 3.8) is 0 Å². The van der Waals surface area contributed by atoms with Crippen LogP contribution in [0.5, 0.6) is 0 Å². The van der Waals surface area contributed by atoms with Crippen molar-refractivity contribution >= 4 is 0 Å². The highest BCUT2D eigenvalue weighted by molar-refractivity contribution is 5.35. The maximum Gasteiger partial charge on any atom is 0.151 e. The predicted molar refractivity (Wildman–Crippen MR) is 75.4 cm³/mol. The second-order valence-corrected chi connectivity index (χ2v) is 4.58. The fraction of sp³-hybridized carbons (Fsp3) is 0.467. The van der Waals surface area contributed by atoms with Gasteiger partial charge in [-0.3, -0.25) is 0 Å². The molecule has 1 N–H and O–H groups in total. The van der Waals surface area contributed by atoms with Crippen molar-refractivity contribution in [3.05, 3.63) is 41.5 Å². The molecule has 0 aliphatic rings. The Bertz CT molecular complexity index is 531. The molecule has 1 heterocycles. The van der Waals surface area contributed by atoms with E-state index in [0.29, 0.717) is 0 Å². The minimum Gasteiger partial charge on any atom is -0.388 e. The van der Waals surface area contributed by atoms with E-state index in [1.807, 2.05) is 35.9 Å². The molecular weight excluding hydrogens is 238 g/mol. The van der Waals surface area contributed by atoms with Crippen LogP contribution in [0.2, 0.25) is 0 Å². The lowest BCUT2D eigenvalue weighted by molar-refractivity contribution is 0.173. The van der Waals surface area contributed by atoms with Crippen molar-refractivity contribution in [2.75, 3.05) is 0 Å². The molecule has 1 aromatic carbocycles. The van der Waals surface area contributed by atoms with E-state index in [1.54, 1.807) is 0 Å². The summed E-state index contributed by atoms with van der Waals surface area (Å²) >= 11 is 0. The molecule has 0 saturated heterocycles. The third-order valence-electron chi connectivity index (χ3n) is 3.26. The minimum atomic E-state index is -0.387. The Morgan fingerprint density at radius 3 is 2.32 bits per heavy atom. The van der Waals surface area contributed by atoms with Gasteiger partial charge in [-0.05, 0) is 24.1 Å². The highest BCUT2D eigenvalue weighted by Gasteiger charge is 2.10. The zero-order valence-electron chi connectivity index (χ0n) is 11.8. The van der Waals surface area contributed by atoms with Crippen molar-refractivity contribution < 1.29 is 5.11 Å². The second kappa shape index (κ2) is 5.97. The molecule has 2 aromatic rings. The second-order valence-electron chi connectivity index (χ2n) is 4.58. The molecule has 2 rings (SSSR count). The van der Waals surface area contributed by atoms with Gasteiger partial charge in [0.2, 0.25) is 0 Å². The smallest absolute Gasteiger partial charge is 0.151 e. The number of benzene rings is 1. The SMILES string of the molecule is CCc1nc(CC)n(-c2ccc(C(O)CC)cc2)n1. The normalized spacial score (nSPS) is 12.6. The molecule has 4 nitrogen and oxygen atoms in total. The van der Waals surface area contributed by atoms with E-state index in [9.17, 15) is 5.11 Å². The summed E-state index contributed by atoms with van der Waals surface area (Å²) in [5, 5.41) is 14.3. The highest BCUT2D eigenvalue weighted by Crippen LogP contribution is 2.19. The van der Waals surface area contributed by atoms with Gasteiger partial charge in [0.05, 0.1) is 11.8 Å². The Kier molecular flexibility index (Phi) is 4.32. The number of hydrogen-bond donors (Lipinski definition) is 1. The number of aryl methyl sites for hydroxylation is 2. The molecule has 0 fully saturated rings. The quantitative estimate of drug-likeness (QED) is 0.898. The Hall–Kier alpha value is -1.68. The Morgan fingerprint density at radius 1 is 1.11 bits per heavy atom. The summed E-state index contributed by atoms with van der Waals surface area (Å²) in [5.74, 6) is 1.84. The van der Waals surface area contributed by atoms with E-state index in [1.165, 1.54) is 0 Å². The summed E-state index contributed by atoms with van der Waals surface area (Å²) in [5.41, 5.74) is 1.94. The molecular formula is C15H21N3O. The van der Waals surface area contributed by atoms with Crippen molar-refractivity contribution in [2.24, 2.45) is 0 Å². The number of aliphatic hydroxyl groups excluding tert-OH is 1. The molecule has 1 atom stereocenters. The standard InChI is InChI=1S/C15H21N3O/c1-4-13(19)11-7-9-12(10-8-11)18-15(6-3)16-14(5-2)17-18/h7-10,13,19H,4-6H2,1-3H3. The van der Waals surface area contributed by atoms with Gasteiger partial charge in [0.15, 0.2) is 5.82 Å². The summed E-state index contributed by atoms with van der Waals surface area (Å²) in [6, 6.07) is 7.88. The first-order valence-electron chi connectivity index (χ1n) is 6.92. The lowest BCUT2D eigenvalue weighted by Gasteiger charge is -2.09. The summed E-state index contributed by atoms with van der Waals surface area (Å²) < 4.78 is 1.89. The van der Waals surface area contributed by atoms with Gasteiger partial charge in [0.25, 0.3) is 0 Å². The summed E-state index contributed by atoms with van der Waals surface area (Å²) in [4.78, 5) is 4.50. The monoisotopic (exact) mass is 259 g/mol. The molecule has 1 aromatic heterocycles. The molecule has 0 aliphatic carbocycles. The van der Waals surface area contributed by atoms with Crippen LogP contribution in [0.25, 0.3) is 5.69 Å². The first-order chi connectivity index (χ1) is 9.19. The molecule has 0 saturated carbocycles. The number of aliphatic hydroxyl groups is 1. The summed E-state index contributed by atoms with van der Waals surface area (Å²) in [6.07, 6.45) is 2.03. The highest BCUT2D eigenvalue weighted by atomic mass is 16.3. The fourth-order valence-corrected chi connectivity index (χ4v) is 2.05. The van der Waals surface area contributed by atoms with E-state index in [2.05, 4.69) is 23.9 Å². The Balaban J connectivity index is 2.34. The van der Waals surface area contributed by atoms with Gasteiger partial charge in [-0.1, -0.05) is 32.9 Å². The van der Waals surface area contributed by atoms with Crippen LogP contribution >= 0.6 is 0 Å². The molecule has 0 amide bonds. The molecule has 19 heavy (non-hydrogen) atoms. The van der Waals surface area contributed by atoms with Crippen LogP contribution in [0.1, 0.15) is 50.5 Å². The van der Waals surface area contributed by atoms with Gasteiger partial charge in [0, 0.05) is 12.8 Å². The predicted octanol–water partition coefficient (Wildman–Crippen LogP) is 2.84. The maximum absolute atomic E-state index is 9.80. The third kappa shape index (κ3) is 2.84. The van der Waals surface area contributed by atoms with Gasteiger partial charge in [0.1, 0.15) is 5.82 Å². The maximum atomic E-state index is 9.80. The van der Waals surface area contributed by atoms with Gasteiger partial charge in [-0.25, -0.2) is 9.67 Å². The average molecular weight is 259 g/mol. The molecule has 102 valence electrons. The topological polar surface area (TPSA) is 50.9 Å². The van der Waals surface area contributed by atoms with Crippen LogP contribution in [0.15, 0.2) is 24.3 Å². The lowest BCUT2D eigenvalue weighted by Crippen LogP contribution is -2.03. The third-order valence-corrected chi connectivity index (χ3v) is 3.26. The number of nitrogens with zero attached hydrogens (tertiary/aromatic N) is 3. The fourth-order valence-electron chi connectivity index (χ4n) is 2.05. The number of hydrogen-bond acceptors (Lipinski definition) is 3. The van der Waals surface area contributed by atoms with Gasteiger partial charge < -0.3 is 5.11 Å². The Labute approximate surface area is 114 Å². The first-order valence-corrected chi connectivity index (χ1v) is 6.92. The van der Waals surface area contributed by atoms with Gasteiger partial charge in [-0.15, -0.1) is 0 Å². The molecule has 0 bridgehead atoms. The van der Waals surface area contributed by atoms with Crippen molar-refractivity contribution in [3.8, 4) is 5.69 Å².